The van der Waals surface area contributed by atoms with Gasteiger partial charge in [-0.3, -0.25) is 0 Å². The Kier molecular flexibility index (Phi) is 13.4. The van der Waals surface area contributed by atoms with Gasteiger partial charge in [0.15, 0.2) is 0 Å². The average Bonchev–Trinajstić information content (AvgIpc) is 2.95. The van der Waals surface area contributed by atoms with E-state index < -0.39 is 0 Å². The van der Waals surface area contributed by atoms with Crippen LogP contribution in [0.15, 0.2) is 182 Å². The fourth-order valence-corrected chi connectivity index (χ4v) is 3.55. The van der Waals surface area contributed by atoms with Crippen LogP contribution in [0.3, 0.4) is 0 Å². The smallest absolute Gasteiger partial charge is 0.0155 e. The molecule has 0 aliphatic carbocycles. The molecule has 0 spiro atoms. The van der Waals surface area contributed by atoms with E-state index >= 15 is 0 Å². The van der Waals surface area contributed by atoms with Gasteiger partial charge in [-0.25, -0.2) is 0 Å². The van der Waals surface area contributed by atoms with Gasteiger partial charge < -0.3 is 0 Å². The molecule has 0 nitrogen and oxygen atoms in total. The van der Waals surface area contributed by atoms with Gasteiger partial charge in [-0.1, -0.05) is 166 Å². The molecule has 192 valence electrons. The number of hydrogen-bond acceptors (Lipinski definition) is 0. The number of benzene rings is 2. The summed E-state index contributed by atoms with van der Waals surface area (Å²) in [6.45, 7) is 18.6. The van der Waals surface area contributed by atoms with Crippen molar-refractivity contribution >= 4 is 5.57 Å². The molecule has 0 bridgehead atoms. The summed E-state index contributed by atoms with van der Waals surface area (Å²) in [7, 11) is 0. The third kappa shape index (κ3) is 10.3. The Hall–Kier alpha value is -4.42. The van der Waals surface area contributed by atoms with Gasteiger partial charge in [0.05, 0.1) is 0 Å². The highest BCUT2D eigenvalue weighted by atomic mass is 14.1. The van der Waals surface area contributed by atoms with Crippen molar-refractivity contribution in [2.24, 2.45) is 0 Å². The SMILES string of the molecule is C=C/C(C)=C(/C=C/C=C\C=C(/C)C(=C)C(=C)\C=C/C=C/C=C\C=C/CC)c1ccc(-c2ccccc2)cc1. The molecule has 0 atom stereocenters. The molecular weight excluding hydrogens is 456 g/mol. The number of allylic oxidation sites excluding steroid dienone is 19. The average molecular weight is 497 g/mol. The van der Waals surface area contributed by atoms with Crippen LogP contribution in [0.4, 0.5) is 0 Å². The Morgan fingerprint density at radius 1 is 0.684 bits per heavy atom. The zero-order valence-electron chi connectivity index (χ0n) is 23.1. The molecule has 0 N–H and O–H groups in total. The molecule has 0 aliphatic heterocycles. The third-order valence-electron chi connectivity index (χ3n) is 5.95. The van der Waals surface area contributed by atoms with Crippen LogP contribution in [0.1, 0.15) is 32.8 Å². The Morgan fingerprint density at radius 3 is 1.92 bits per heavy atom. The molecule has 0 radical (unpaired) electrons. The Morgan fingerprint density at radius 2 is 1.26 bits per heavy atom. The first-order chi connectivity index (χ1) is 18.5. The van der Waals surface area contributed by atoms with Crippen molar-refractivity contribution in [3.63, 3.8) is 0 Å². The van der Waals surface area contributed by atoms with Gasteiger partial charge in [0, 0.05) is 0 Å². The maximum Gasteiger partial charge on any atom is -0.0155 e. The van der Waals surface area contributed by atoms with Crippen molar-refractivity contribution in [1.82, 2.24) is 0 Å². The minimum atomic E-state index is 0.896. The van der Waals surface area contributed by atoms with Crippen molar-refractivity contribution in [1.29, 1.82) is 0 Å². The molecule has 0 saturated carbocycles. The maximum atomic E-state index is 4.20. The van der Waals surface area contributed by atoms with Crippen molar-refractivity contribution in [2.75, 3.05) is 0 Å². The maximum absolute atomic E-state index is 4.20. The van der Waals surface area contributed by atoms with E-state index in [4.69, 9.17) is 0 Å². The highest BCUT2D eigenvalue weighted by Crippen LogP contribution is 2.25. The second-order valence-electron chi connectivity index (χ2n) is 8.81. The van der Waals surface area contributed by atoms with Gasteiger partial charge >= 0.3 is 0 Å². The zero-order chi connectivity index (χ0) is 27.6. The topological polar surface area (TPSA) is 0 Å². The van der Waals surface area contributed by atoms with Crippen molar-refractivity contribution in [2.45, 2.75) is 27.2 Å². The third-order valence-corrected chi connectivity index (χ3v) is 5.95. The molecule has 0 unspecified atom stereocenters. The number of hydrogen-bond donors (Lipinski definition) is 0. The van der Waals surface area contributed by atoms with Crippen LogP contribution in [-0.2, 0) is 0 Å². The van der Waals surface area contributed by atoms with Crippen LogP contribution < -0.4 is 0 Å². The highest BCUT2D eigenvalue weighted by Gasteiger charge is 2.03. The van der Waals surface area contributed by atoms with Gasteiger partial charge in [0.1, 0.15) is 0 Å². The zero-order valence-corrected chi connectivity index (χ0v) is 23.1. The van der Waals surface area contributed by atoms with E-state index in [-0.39, 0.29) is 0 Å². The summed E-state index contributed by atoms with van der Waals surface area (Å²) < 4.78 is 0. The summed E-state index contributed by atoms with van der Waals surface area (Å²) in [4.78, 5) is 0. The molecule has 2 rings (SSSR count). The second kappa shape index (κ2) is 17.1. The summed E-state index contributed by atoms with van der Waals surface area (Å²) in [6.07, 6.45) is 29.4. The summed E-state index contributed by atoms with van der Waals surface area (Å²) in [5.41, 5.74) is 8.77. The van der Waals surface area contributed by atoms with E-state index in [2.05, 4.69) is 113 Å². The van der Waals surface area contributed by atoms with E-state index in [1.165, 1.54) is 11.1 Å². The van der Waals surface area contributed by atoms with Crippen molar-refractivity contribution in [3.05, 3.63) is 187 Å². The molecule has 2 aromatic carbocycles. The highest BCUT2D eigenvalue weighted by molar-refractivity contribution is 5.79. The molecular formula is C38H40. The molecule has 0 heterocycles. The first kappa shape index (κ1) is 29.8. The minimum Gasteiger partial charge on any atom is -0.0988 e. The van der Waals surface area contributed by atoms with E-state index in [1.54, 1.807) is 0 Å². The predicted octanol–water partition coefficient (Wildman–Crippen LogP) is 11.1. The van der Waals surface area contributed by atoms with Crippen molar-refractivity contribution in [3.8, 4) is 11.1 Å². The molecule has 0 aromatic heterocycles. The second-order valence-corrected chi connectivity index (χ2v) is 8.81. The predicted molar refractivity (Wildman–Crippen MR) is 172 cm³/mol. The lowest BCUT2D eigenvalue weighted by molar-refractivity contribution is 1.22. The molecule has 0 saturated heterocycles. The summed E-state index contributed by atoms with van der Waals surface area (Å²) >= 11 is 0. The lowest BCUT2D eigenvalue weighted by Gasteiger charge is -2.08. The molecule has 0 fully saturated rings. The molecule has 0 heteroatoms. The largest absolute Gasteiger partial charge is 0.0988 e. The van der Waals surface area contributed by atoms with Crippen LogP contribution in [0, 0.1) is 0 Å². The lowest BCUT2D eigenvalue weighted by atomic mass is 9.97. The van der Waals surface area contributed by atoms with Crippen LogP contribution in [0.5, 0.6) is 0 Å². The van der Waals surface area contributed by atoms with Gasteiger partial charge in [0.2, 0.25) is 0 Å². The first-order valence-electron chi connectivity index (χ1n) is 13.0. The van der Waals surface area contributed by atoms with Gasteiger partial charge in [-0.2, -0.15) is 0 Å². The molecule has 38 heavy (non-hydrogen) atoms. The summed E-state index contributed by atoms with van der Waals surface area (Å²) in [5.74, 6) is 0. The van der Waals surface area contributed by atoms with Crippen LogP contribution in [0.25, 0.3) is 16.7 Å². The summed E-state index contributed by atoms with van der Waals surface area (Å²) in [6, 6.07) is 19.1. The van der Waals surface area contributed by atoms with E-state index in [9.17, 15) is 0 Å². The van der Waals surface area contributed by atoms with Gasteiger partial charge in [-0.15, -0.1) is 0 Å². The lowest BCUT2D eigenvalue weighted by Crippen LogP contribution is -1.86. The summed E-state index contributed by atoms with van der Waals surface area (Å²) in [5, 5.41) is 0. The van der Waals surface area contributed by atoms with E-state index in [1.807, 2.05) is 66.8 Å². The fraction of sp³-hybridized carbons (Fsp3) is 0.105. The van der Waals surface area contributed by atoms with Crippen LogP contribution in [-0.4, -0.2) is 0 Å². The van der Waals surface area contributed by atoms with Gasteiger partial charge in [-0.05, 0) is 64.8 Å². The van der Waals surface area contributed by atoms with Crippen molar-refractivity contribution < 1.29 is 0 Å². The normalized spacial score (nSPS) is 13.5. The standard InChI is InChI=1S/C38H40/c1-7-9-10-11-12-13-14-17-22-32(4)34(6)33(5)23-18-15-21-26-38(31(3)8-2)37-29-27-36(28-30-37)35-24-19-16-20-25-35/h8-30H,2,4,6-7H2,1,3,5H3/b10-9-,12-11-,14-13+,18-15-,22-17-,26-21+,33-23+,38-31-. The van der Waals surface area contributed by atoms with Gasteiger partial charge in [0.25, 0.3) is 0 Å². The van der Waals surface area contributed by atoms with Crippen LogP contribution >= 0.6 is 0 Å². The van der Waals surface area contributed by atoms with E-state index in [0.29, 0.717) is 0 Å². The Bertz CT molecular complexity index is 1310. The molecule has 2 aromatic rings. The molecule has 0 aliphatic rings. The van der Waals surface area contributed by atoms with Crippen LogP contribution in [0.2, 0.25) is 0 Å². The monoisotopic (exact) mass is 496 g/mol. The minimum absolute atomic E-state index is 0.896. The fourth-order valence-electron chi connectivity index (χ4n) is 3.55. The van der Waals surface area contributed by atoms with E-state index in [0.717, 1.165) is 39.8 Å². The number of rotatable bonds is 13. The first-order valence-corrected chi connectivity index (χ1v) is 13.0. The Labute approximate surface area is 230 Å². The Balaban J connectivity index is 2.01. The molecule has 0 amide bonds. The quantitative estimate of drug-likeness (QED) is 0.242.